The zero-order valence-corrected chi connectivity index (χ0v) is 7.47. The summed E-state index contributed by atoms with van der Waals surface area (Å²) in [6, 6.07) is 0. The Hall–Kier alpha value is -0.710. The number of carboxylic acids is 1. The molecule has 0 aromatic heterocycles. The number of aliphatic carboxylic acids is 1. The Balaban J connectivity index is 2.72. The van der Waals surface area contributed by atoms with Crippen LogP contribution in [0.2, 0.25) is 0 Å². The molecule has 0 amide bonds. The average Bonchev–Trinajstić information content (AvgIpc) is 2.35. The molecule has 0 radical (unpaired) electrons. The highest BCUT2D eigenvalue weighted by atomic mass is 32.3. The van der Waals surface area contributed by atoms with Crippen molar-refractivity contribution in [3.63, 3.8) is 0 Å². The first kappa shape index (κ1) is 9.38. The highest BCUT2D eigenvalue weighted by Crippen LogP contribution is 2.54. The molecule has 0 unspecified atom stereocenters. The lowest BCUT2D eigenvalue weighted by molar-refractivity contribution is -0.133. The molecule has 1 saturated heterocycles. The van der Waals surface area contributed by atoms with Gasteiger partial charge < -0.3 is 10.2 Å². The lowest BCUT2D eigenvalue weighted by Crippen LogP contribution is -2.21. The van der Waals surface area contributed by atoms with E-state index in [1.807, 2.05) is 0 Å². The predicted octanol–water partition coefficient (Wildman–Crippen LogP) is 1.35. The summed E-state index contributed by atoms with van der Waals surface area (Å²) in [6.45, 7) is 0. The maximum Gasteiger partial charge on any atom is 0.347 e. The van der Waals surface area contributed by atoms with Gasteiger partial charge in [0.1, 0.15) is 0 Å². The zero-order valence-electron chi connectivity index (χ0n) is 6.65. The summed E-state index contributed by atoms with van der Waals surface area (Å²) in [4.78, 5) is 21.3. The van der Waals surface area contributed by atoms with Crippen molar-refractivity contribution in [1.82, 2.24) is 0 Å². The standard InChI is InChI=1S/C7H12O4S/c8-6(9)5-12(7(10)11)3-1-2-4-12/h1-5H2,(H,8,9)(H,10,11). The molecule has 0 aliphatic carbocycles. The maximum absolute atomic E-state index is 10.8. The molecule has 0 saturated carbocycles. The van der Waals surface area contributed by atoms with Gasteiger partial charge in [0.25, 0.3) is 0 Å². The quantitative estimate of drug-likeness (QED) is 0.692. The van der Waals surface area contributed by atoms with E-state index in [1.54, 1.807) is 0 Å². The van der Waals surface area contributed by atoms with Gasteiger partial charge in [-0.1, -0.05) is 0 Å². The van der Waals surface area contributed by atoms with Crippen molar-refractivity contribution in [2.45, 2.75) is 12.8 Å². The molecule has 0 aromatic rings. The Morgan fingerprint density at radius 3 is 2.00 bits per heavy atom. The molecule has 1 aliphatic rings. The van der Waals surface area contributed by atoms with Crippen molar-refractivity contribution in [2.75, 3.05) is 17.3 Å². The summed E-state index contributed by atoms with van der Waals surface area (Å²) in [6.07, 6.45) is 1.74. The van der Waals surface area contributed by atoms with Crippen LogP contribution in [-0.2, 0) is 4.79 Å². The number of rotatable bonds is 2. The molecule has 0 atom stereocenters. The second-order valence-electron chi connectivity index (χ2n) is 2.96. The first-order valence-electron chi connectivity index (χ1n) is 3.78. The number of hydrogen-bond acceptors (Lipinski definition) is 2. The third-order valence-corrected chi connectivity index (χ3v) is 5.77. The highest BCUT2D eigenvalue weighted by molar-refractivity contribution is 8.45. The molecule has 1 heterocycles. The molecule has 1 rings (SSSR count). The van der Waals surface area contributed by atoms with E-state index in [4.69, 9.17) is 10.2 Å². The van der Waals surface area contributed by atoms with Crippen LogP contribution in [-0.4, -0.2) is 38.7 Å². The van der Waals surface area contributed by atoms with Gasteiger partial charge in [-0.2, -0.15) is 0 Å². The van der Waals surface area contributed by atoms with Gasteiger partial charge in [-0.05, 0) is 24.3 Å². The third kappa shape index (κ3) is 1.72. The Morgan fingerprint density at radius 2 is 1.67 bits per heavy atom. The maximum atomic E-state index is 10.8. The van der Waals surface area contributed by atoms with Crippen LogP contribution >= 0.6 is 10.0 Å². The zero-order chi connectivity index (χ0) is 9.19. The van der Waals surface area contributed by atoms with E-state index in [-0.39, 0.29) is 5.75 Å². The normalized spacial score (nSPS) is 23.3. The molecule has 0 bridgehead atoms. The molecule has 1 fully saturated rings. The SMILES string of the molecule is O=C(O)CS1(C(=O)O)CCCC1. The molecule has 4 nitrogen and oxygen atoms in total. The number of hydrogen-bond donors (Lipinski definition) is 2. The highest BCUT2D eigenvalue weighted by Gasteiger charge is 2.37. The van der Waals surface area contributed by atoms with Crippen molar-refractivity contribution in [3.05, 3.63) is 0 Å². The van der Waals surface area contributed by atoms with Crippen LogP contribution in [0.4, 0.5) is 4.79 Å². The Labute approximate surface area is 71.9 Å². The summed E-state index contributed by atoms with van der Waals surface area (Å²) in [5.41, 5.74) is 0. The number of carbonyl (C=O) groups is 2. The molecule has 0 spiro atoms. The fourth-order valence-corrected chi connectivity index (χ4v) is 4.43. The first-order valence-corrected chi connectivity index (χ1v) is 5.92. The van der Waals surface area contributed by atoms with Gasteiger partial charge in [-0.25, -0.2) is 4.79 Å². The summed E-state index contributed by atoms with van der Waals surface area (Å²) >= 11 is 0. The van der Waals surface area contributed by atoms with Gasteiger partial charge in [0, 0.05) is 0 Å². The Kier molecular flexibility index (Phi) is 2.62. The van der Waals surface area contributed by atoms with Crippen LogP contribution in [0.1, 0.15) is 12.8 Å². The Bertz CT molecular complexity index is 207. The molecule has 5 heteroatoms. The predicted molar refractivity (Wildman–Crippen MR) is 47.1 cm³/mol. The van der Waals surface area contributed by atoms with Crippen molar-refractivity contribution in [1.29, 1.82) is 0 Å². The molecule has 1 aliphatic heterocycles. The van der Waals surface area contributed by atoms with Gasteiger partial charge in [0.2, 0.25) is 0 Å². The summed E-state index contributed by atoms with van der Waals surface area (Å²) < 4.78 is 0. The summed E-state index contributed by atoms with van der Waals surface area (Å²) in [7, 11) is -1.86. The lowest BCUT2D eigenvalue weighted by Gasteiger charge is -2.27. The van der Waals surface area contributed by atoms with Gasteiger partial charge in [-0.15, -0.1) is 10.0 Å². The van der Waals surface area contributed by atoms with E-state index in [1.165, 1.54) is 0 Å². The monoisotopic (exact) mass is 192 g/mol. The Morgan fingerprint density at radius 1 is 1.17 bits per heavy atom. The molecule has 12 heavy (non-hydrogen) atoms. The van der Waals surface area contributed by atoms with Crippen LogP contribution in [0, 0.1) is 0 Å². The molecule has 70 valence electrons. The topological polar surface area (TPSA) is 74.6 Å². The summed E-state index contributed by atoms with van der Waals surface area (Å²) in [5, 5.41) is 16.6. The average molecular weight is 192 g/mol. The second kappa shape index (κ2) is 3.35. The van der Waals surface area contributed by atoms with Crippen LogP contribution < -0.4 is 0 Å². The largest absolute Gasteiger partial charge is 0.481 e. The fraction of sp³-hybridized carbons (Fsp3) is 0.714. The van der Waals surface area contributed by atoms with E-state index in [0.29, 0.717) is 11.5 Å². The van der Waals surface area contributed by atoms with E-state index < -0.39 is 21.3 Å². The lowest BCUT2D eigenvalue weighted by atomic mass is 10.4. The molecule has 0 aromatic carbocycles. The summed E-state index contributed by atoms with van der Waals surface area (Å²) in [5.74, 6) is 0.0558. The van der Waals surface area contributed by atoms with E-state index in [2.05, 4.69) is 0 Å². The third-order valence-electron chi connectivity index (χ3n) is 2.09. The first-order chi connectivity index (χ1) is 5.57. The minimum absolute atomic E-state index is 0.150. The van der Waals surface area contributed by atoms with E-state index >= 15 is 0 Å². The van der Waals surface area contributed by atoms with Crippen LogP contribution in [0.15, 0.2) is 0 Å². The fourth-order valence-electron chi connectivity index (χ4n) is 1.48. The number of carboxylic acid groups (broad SMARTS) is 2. The van der Waals surface area contributed by atoms with Crippen molar-refractivity contribution in [2.24, 2.45) is 0 Å². The van der Waals surface area contributed by atoms with E-state index in [9.17, 15) is 9.59 Å². The smallest absolute Gasteiger partial charge is 0.347 e. The van der Waals surface area contributed by atoms with Gasteiger partial charge >= 0.3 is 11.3 Å². The van der Waals surface area contributed by atoms with Crippen LogP contribution in [0.25, 0.3) is 0 Å². The minimum atomic E-state index is -1.86. The van der Waals surface area contributed by atoms with Crippen LogP contribution in [0.5, 0.6) is 0 Å². The van der Waals surface area contributed by atoms with Crippen molar-refractivity contribution < 1.29 is 19.8 Å². The molecular weight excluding hydrogens is 180 g/mol. The minimum Gasteiger partial charge on any atom is -0.481 e. The van der Waals surface area contributed by atoms with Gasteiger partial charge in [0.15, 0.2) is 0 Å². The van der Waals surface area contributed by atoms with Gasteiger partial charge in [-0.3, -0.25) is 4.79 Å². The van der Waals surface area contributed by atoms with Gasteiger partial charge in [0.05, 0.1) is 5.75 Å². The second-order valence-corrected chi connectivity index (χ2v) is 6.51. The van der Waals surface area contributed by atoms with Crippen molar-refractivity contribution >= 4 is 21.3 Å². The van der Waals surface area contributed by atoms with Crippen molar-refractivity contribution in [3.8, 4) is 0 Å². The van der Waals surface area contributed by atoms with Crippen LogP contribution in [0.3, 0.4) is 0 Å². The molecular formula is C7H12O4S. The van der Waals surface area contributed by atoms with E-state index in [0.717, 1.165) is 12.8 Å². The molecule has 2 N–H and O–H groups in total.